The molecule has 2 aromatic heterocycles. The van der Waals surface area contributed by atoms with Gasteiger partial charge in [-0.1, -0.05) is 25.1 Å². The summed E-state index contributed by atoms with van der Waals surface area (Å²) in [6, 6.07) is 5.04. The number of nitrogens with zero attached hydrogens (tertiary/aromatic N) is 5. The van der Waals surface area contributed by atoms with Crippen molar-refractivity contribution in [2.24, 2.45) is 17.6 Å². The van der Waals surface area contributed by atoms with Gasteiger partial charge in [-0.25, -0.2) is 4.98 Å². The fourth-order valence-electron chi connectivity index (χ4n) is 3.52. The molecule has 2 amide bonds. The van der Waals surface area contributed by atoms with Gasteiger partial charge in [0.05, 0.1) is 18.5 Å². The van der Waals surface area contributed by atoms with Crippen molar-refractivity contribution in [3.8, 4) is 0 Å². The van der Waals surface area contributed by atoms with Crippen molar-refractivity contribution in [1.29, 1.82) is 0 Å². The van der Waals surface area contributed by atoms with Crippen LogP contribution in [0.4, 0.5) is 11.5 Å². The summed E-state index contributed by atoms with van der Waals surface area (Å²) in [6.07, 6.45) is 2.42. The second kappa shape index (κ2) is 7.52. The number of pyridine rings is 1. The van der Waals surface area contributed by atoms with Crippen LogP contribution in [0.2, 0.25) is 0 Å². The van der Waals surface area contributed by atoms with Crippen LogP contribution in [0.1, 0.15) is 42.9 Å². The van der Waals surface area contributed by atoms with Crippen LogP contribution in [0.15, 0.2) is 29.6 Å². The highest BCUT2D eigenvalue weighted by Crippen LogP contribution is 2.36. The number of carbonyl (C=O) groups excluding carboxylic acids is 2. The number of aliphatic hydroxyl groups excluding tert-OH is 1. The van der Waals surface area contributed by atoms with Gasteiger partial charge in [0.2, 0.25) is 5.91 Å². The van der Waals surface area contributed by atoms with Gasteiger partial charge in [0.25, 0.3) is 5.91 Å². The second-order valence-electron chi connectivity index (χ2n) is 8.15. The Bertz CT molecular complexity index is 1030. The summed E-state index contributed by atoms with van der Waals surface area (Å²) in [5.74, 6) is -0.0123. The lowest BCUT2D eigenvalue weighted by molar-refractivity contribution is -0.124. The Hall–Kier alpha value is -3.27. The molecule has 0 radical (unpaired) electrons. The molecule has 2 aliphatic rings. The van der Waals surface area contributed by atoms with E-state index < -0.39 is 11.3 Å². The monoisotopic (exact) mass is 412 g/mol. The second-order valence-corrected chi connectivity index (χ2v) is 8.15. The first-order valence-electron chi connectivity index (χ1n) is 9.76. The normalized spacial score (nSPS) is 20.3. The molecule has 0 bridgehead atoms. The minimum Gasteiger partial charge on any atom is -0.392 e. The van der Waals surface area contributed by atoms with Crippen molar-refractivity contribution in [2.75, 3.05) is 23.4 Å². The highest BCUT2D eigenvalue weighted by molar-refractivity contribution is 6.08. The molecule has 30 heavy (non-hydrogen) atoms. The Morgan fingerprint density at radius 1 is 1.40 bits per heavy atom. The average molecular weight is 412 g/mol. The van der Waals surface area contributed by atoms with Gasteiger partial charge in [-0.2, -0.15) is 5.10 Å². The van der Waals surface area contributed by atoms with E-state index in [0.717, 1.165) is 6.42 Å². The number of oxime groups is 1. The quantitative estimate of drug-likeness (QED) is 0.764. The third-order valence-electron chi connectivity index (χ3n) is 5.31. The first-order valence-corrected chi connectivity index (χ1v) is 9.76. The summed E-state index contributed by atoms with van der Waals surface area (Å²) in [5.41, 5.74) is 1.29. The number of anilines is 2. The van der Waals surface area contributed by atoms with Gasteiger partial charge in [0.1, 0.15) is 17.1 Å². The Labute approximate surface area is 173 Å². The molecule has 0 spiro atoms. The van der Waals surface area contributed by atoms with Crippen molar-refractivity contribution in [3.63, 3.8) is 0 Å². The largest absolute Gasteiger partial charge is 0.392 e. The molecule has 1 fully saturated rings. The van der Waals surface area contributed by atoms with Crippen molar-refractivity contribution >= 4 is 29.0 Å². The molecule has 2 N–H and O–H groups in total. The smallest absolute Gasteiger partial charge is 0.274 e. The Morgan fingerprint density at radius 2 is 2.20 bits per heavy atom. The fourth-order valence-corrected chi connectivity index (χ4v) is 3.52. The number of amides is 2. The van der Waals surface area contributed by atoms with Gasteiger partial charge in [-0.05, 0) is 18.6 Å². The summed E-state index contributed by atoms with van der Waals surface area (Å²) < 4.78 is 1.56. The van der Waals surface area contributed by atoms with Gasteiger partial charge < -0.3 is 15.3 Å². The summed E-state index contributed by atoms with van der Waals surface area (Å²) >= 11 is 0. The van der Waals surface area contributed by atoms with Crippen molar-refractivity contribution in [2.45, 2.75) is 32.8 Å². The third kappa shape index (κ3) is 3.65. The Balaban J connectivity index is 1.54. The van der Waals surface area contributed by atoms with Crippen LogP contribution >= 0.6 is 0 Å². The van der Waals surface area contributed by atoms with Crippen LogP contribution in [-0.2, 0) is 16.7 Å². The first-order chi connectivity index (χ1) is 14.3. The van der Waals surface area contributed by atoms with E-state index in [1.165, 1.54) is 0 Å². The average Bonchev–Trinajstić information content (AvgIpc) is 3.41. The van der Waals surface area contributed by atoms with E-state index in [0.29, 0.717) is 35.9 Å². The molecule has 0 aromatic carbocycles. The molecular formula is C20H24N6O4. The van der Waals surface area contributed by atoms with Crippen molar-refractivity contribution in [1.82, 2.24) is 14.8 Å². The maximum atomic E-state index is 12.9. The zero-order valence-corrected chi connectivity index (χ0v) is 17.1. The van der Waals surface area contributed by atoms with E-state index in [2.05, 4.69) is 20.6 Å². The molecule has 0 aliphatic carbocycles. The minimum absolute atomic E-state index is 0.0190. The minimum atomic E-state index is -0.453. The van der Waals surface area contributed by atoms with Crippen LogP contribution < -0.4 is 10.2 Å². The van der Waals surface area contributed by atoms with Crippen molar-refractivity contribution in [3.05, 3.63) is 35.8 Å². The molecule has 4 heterocycles. The number of rotatable bonds is 5. The lowest BCUT2D eigenvalue weighted by Gasteiger charge is -2.18. The van der Waals surface area contributed by atoms with Gasteiger partial charge in [-0.15, -0.1) is 0 Å². The molecule has 158 valence electrons. The number of hydrogen-bond acceptors (Lipinski definition) is 7. The summed E-state index contributed by atoms with van der Waals surface area (Å²) in [4.78, 5) is 36.7. The van der Waals surface area contributed by atoms with Crippen LogP contribution in [0, 0.1) is 5.41 Å². The van der Waals surface area contributed by atoms with E-state index in [-0.39, 0.29) is 24.3 Å². The Morgan fingerprint density at radius 3 is 2.87 bits per heavy atom. The summed E-state index contributed by atoms with van der Waals surface area (Å²) in [5, 5.41) is 20.3. The van der Waals surface area contributed by atoms with E-state index in [1.54, 1.807) is 41.0 Å². The molecule has 10 nitrogen and oxygen atoms in total. The highest BCUT2D eigenvalue weighted by Gasteiger charge is 2.41. The van der Waals surface area contributed by atoms with E-state index in [4.69, 9.17) is 4.84 Å². The summed E-state index contributed by atoms with van der Waals surface area (Å²) in [7, 11) is 1.74. The van der Waals surface area contributed by atoms with Gasteiger partial charge in [-0.3, -0.25) is 19.2 Å². The molecule has 2 aromatic rings. The number of hydrogen-bond donors (Lipinski definition) is 2. The topological polar surface area (TPSA) is 122 Å². The number of carbonyl (C=O) groups is 2. The van der Waals surface area contributed by atoms with Gasteiger partial charge in [0, 0.05) is 25.4 Å². The lowest BCUT2D eigenvalue weighted by atomic mass is 9.92. The predicted octanol–water partition coefficient (Wildman–Crippen LogP) is 1.32. The predicted molar refractivity (Wildman–Crippen MR) is 109 cm³/mol. The fraction of sp³-hybridized carbons (Fsp3) is 0.450. The zero-order chi connectivity index (χ0) is 21.5. The molecule has 1 atom stereocenters. The molecule has 2 aliphatic heterocycles. The number of nitrogens with one attached hydrogen (secondary N) is 1. The van der Waals surface area contributed by atoms with Crippen molar-refractivity contribution < 1.29 is 19.5 Å². The maximum Gasteiger partial charge on any atom is 0.274 e. The van der Waals surface area contributed by atoms with E-state index in [9.17, 15) is 14.7 Å². The zero-order valence-electron chi connectivity index (χ0n) is 17.1. The first kappa shape index (κ1) is 20.0. The standard InChI is InChI=1S/C20H24N6O4/c1-20(2)7-8-26(19(20)29)17-16(10-25(3)23-17)22-18(28)14-6-4-5-13(21-14)15-9-12(11-27)30-24-15/h4-6,10,12,27H,7-9,11H2,1-3H3,(H,22,28). The molecule has 1 unspecified atom stereocenters. The van der Waals surface area contributed by atoms with Crippen LogP contribution in [0.25, 0.3) is 0 Å². The van der Waals surface area contributed by atoms with Crippen LogP contribution in [0.5, 0.6) is 0 Å². The maximum absolute atomic E-state index is 12.9. The summed E-state index contributed by atoms with van der Waals surface area (Å²) in [6.45, 7) is 4.22. The molecule has 10 heteroatoms. The van der Waals surface area contributed by atoms with Gasteiger partial charge in [0.15, 0.2) is 11.9 Å². The highest BCUT2D eigenvalue weighted by atomic mass is 16.6. The lowest BCUT2D eigenvalue weighted by Crippen LogP contribution is -2.32. The SMILES string of the molecule is Cn1cc(NC(=O)c2cccc(C3=NOC(CO)C3)n2)c(N2CCC(C)(C)C2=O)n1. The molecular weight excluding hydrogens is 388 g/mol. The number of aliphatic hydroxyl groups is 1. The van der Waals surface area contributed by atoms with E-state index in [1.807, 2.05) is 13.8 Å². The number of aromatic nitrogens is 3. The molecule has 1 saturated heterocycles. The molecule has 4 rings (SSSR count). The third-order valence-corrected chi connectivity index (χ3v) is 5.31. The number of aryl methyl sites for hydroxylation is 1. The molecule has 0 saturated carbocycles. The van der Waals surface area contributed by atoms with Crippen LogP contribution in [0.3, 0.4) is 0 Å². The Kier molecular flexibility index (Phi) is 5.02. The van der Waals surface area contributed by atoms with Crippen LogP contribution in [-0.4, -0.2) is 56.7 Å². The van der Waals surface area contributed by atoms with E-state index >= 15 is 0 Å². The van der Waals surface area contributed by atoms with Gasteiger partial charge >= 0.3 is 0 Å².